The highest BCUT2D eigenvalue weighted by Gasteiger charge is 2.24. The first-order valence-corrected chi connectivity index (χ1v) is 8.91. The van der Waals surface area contributed by atoms with Gasteiger partial charge >= 0.3 is 0 Å². The highest BCUT2D eigenvalue weighted by molar-refractivity contribution is 9.10. The third-order valence-corrected chi connectivity index (χ3v) is 5.47. The van der Waals surface area contributed by atoms with Crippen LogP contribution in [0.3, 0.4) is 0 Å². The van der Waals surface area contributed by atoms with Gasteiger partial charge in [0.15, 0.2) is 0 Å². The molecule has 0 saturated heterocycles. The van der Waals surface area contributed by atoms with Crippen molar-refractivity contribution in [2.24, 2.45) is 0 Å². The Morgan fingerprint density at radius 3 is 2.55 bits per heavy atom. The van der Waals surface area contributed by atoms with Crippen LogP contribution in [0.15, 0.2) is 58.2 Å². The molecule has 0 aliphatic carbocycles. The summed E-state index contributed by atoms with van der Waals surface area (Å²) in [6, 6.07) is 10.2. The lowest BCUT2D eigenvalue weighted by atomic mass is 10.3. The number of aromatic nitrogens is 1. The van der Waals surface area contributed by atoms with E-state index in [1.165, 1.54) is 4.31 Å². The molecule has 1 heterocycles. The molecule has 22 heavy (non-hydrogen) atoms. The van der Waals surface area contributed by atoms with Crippen molar-refractivity contribution in [3.05, 3.63) is 58.8 Å². The number of halogens is 1. The topological polar surface area (TPSA) is 59.5 Å². The third-order valence-electron chi connectivity index (χ3n) is 3.08. The van der Waals surface area contributed by atoms with E-state index in [-0.39, 0.29) is 18.0 Å². The minimum absolute atomic E-state index is 0.260. The van der Waals surface area contributed by atoms with E-state index in [4.69, 9.17) is 4.74 Å². The molecule has 1 aromatic carbocycles. The summed E-state index contributed by atoms with van der Waals surface area (Å²) >= 11 is 3.31. The van der Waals surface area contributed by atoms with Gasteiger partial charge in [0.1, 0.15) is 0 Å². The van der Waals surface area contributed by atoms with Crippen LogP contribution >= 0.6 is 15.9 Å². The van der Waals surface area contributed by atoms with Gasteiger partial charge in [-0.25, -0.2) is 8.42 Å². The molecule has 0 unspecified atom stereocenters. The summed E-state index contributed by atoms with van der Waals surface area (Å²) in [5.74, 6) is 0. The lowest BCUT2D eigenvalue weighted by Gasteiger charge is -2.22. The summed E-state index contributed by atoms with van der Waals surface area (Å²) in [6.45, 7) is 0.870. The number of hydrogen-bond donors (Lipinski definition) is 0. The summed E-state index contributed by atoms with van der Waals surface area (Å²) in [4.78, 5) is 4.29. The molecule has 0 fully saturated rings. The molecule has 0 radical (unpaired) electrons. The van der Waals surface area contributed by atoms with Crippen molar-refractivity contribution in [3.8, 4) is 0 Å². The standard InChI is InChI=1S/C15H17BrN2O3S/c1-21-10-9-18(12-13-3-2-8-17-11-13)22(19,20)15-6-4-14(16)5-7-15/h2-8,11H,9-10,12H2,1H3. The predicted molar refractivity (Wildman–Crippen MR) is 87.9 cm³/mol. The minimum atomic E-state index is -3.58. The van der Waals surface area contributed by atoms with Crippen LogP contribution in [0.2, 0.25) is 0 Å². The average molecular weight is 385 g/mol. The summed E-state index contributed by atoms with van der Waals surface area (Å²) in [6.07, 6.45) is 3.32. The van der Waals surface area contributed by atoms with Gasteiger partial charge in [-0.1, -0.05) is 22.0 Å². The van der Waals surface area contributed by atoms with E-state index >= 15 is 0 Å². The summed E-state index contributed by atoms with van der Waals surface area (Å²) < 4.78 is 32.8. The third kappa shape index (κ3) is 4.36. The van der Waals surface area contributed by atoms with Crippen LogP contribution in [0, 0.1) is 0 Å². The zero-order chi connectivity index (χ0) is 16.0. The van der Waals surface area contributed by atoms with E-state index in [0.717, 1.165) is 10.0 Å². The van der Waals surface area contributed by atoms with Crippen molar-refractivity contribution in [2.75, 3.05) is 20.3 Å². The molecule has 5 nitrogen and oxygen atoms in total. The number of rotatable bonds is 7. The number of ether oxygens (including phenoxy) is 1. The SMILES string of the molecule is COCCN(Cc1cccnc1)S(=O)(=O)c1ccc(Br)cc1. The molecular weight excluding hydrogens is 368 g/mol. The molecule has 0 spiro atoms. The van der Waals surface area contributed by atoms with E-state index < -0.39 is 10.0 Å². The Hall–Kier alpha value is -1.28. The fourth-order valence-corrected chi connectivity index (χ4v) is 3.60. The largest absolute Gasteiger partial charge is 0.383 e. The lowest BCUT2D eigenvalue weighted by molar-refractivity contribution is 0.177. The monoisotopic (exact) mass is 384 g/mol. The van der Waals surface area contributed by atoms with E-state index in [0.29, 0.717) is 6.61 Å². The number of methoxy groups -OCH3 is 1. The Balaban J connectivity index is 2.28. The molecule has 0 N–H and O–H groups in total. The second-order valence-corrected chi connectivity index (χ2v) is 7.50. The maximum atomic E-state index is 12.8. The smallest absolute Gasteiger partial charge is 0.243 e. The van der Waals surface area contributed by atoms with E-state index in [2.05, 4.69) is 20.9 Å². The first kappa shape index (κ1) is 17.1. The second kappa shape index (κ2) is 7.82. The molecule has 2 aromatic rings. The fourth-order valence-electron chi connectivity index (χ4n) is 1.93. The van der Waals surface area contributed by atoms with Gasteiger partial charge in [-0.2, -0.15) is 4.31 Å². The van der Waals surface area contributed by atoms with Crippen molar-refractivity contribution in [2.45, 2.75) is 11.4 Å². The molecule has 7 heteroatoms. The Labute approximate surface area is 139 Å². The van der Waals surface area contributed by atoms with Gasteiger partial charge in [0.25, 0.3) is 0 Å². The molecular formula is C15H17BrN2O3S. The highest BCUT2D eigenvalue weighted by atomic mass is 79.9. The van der Waals surface area contributed by atoms with Crippen LogP contribution in [0.5, 0.6) is 0 Å². The normalized spacial score (nSPS) is 11.8. The van der Waals surface area contributed by atoms with Crippen molar-refractivity contribution >= 4 is 26.0 Å². The number of sulfonamides is 1. The van der Waals surface area contributed by atoms with Crippen LogP contribution in [-0.4, -0.2) is 38.0 Å². The van der Waals surface area contributed by atoms with Crippen LogP contribution in [0.25, 0.3) is 0 Å². The molecule has 0 amide bonds. The zero-order valence-electron chi connectivity index (χ0n) is 12.1. The first-order chi connectivity index (χ1) is 10.5. The number of nitrogens with zero attached hydrogens (tertiary/aromatic N) is 2. The maximum absolute atomic E-state index is 12.8. The molecule has 2 rings (SSSR count). The number of benzene rings is 1. The van der Waals surface area contributed by atoms with Crippen LogP contribution in [0.4, 0.5) is 0 Å². The first-order valence-electron chi connectivity index (χ1n) is 6.67. The number of hydrogen-bond acceptors (Lipinski definition) is 4. The Bertz CT molecular complexity index is 690. The summed E-state index contributed by atoms with van der Waals surface area (Å²) in [5.41, 5.74) is 0.833. The van der Waals surface area contributed by atoms with Gasteiger partial charge in [-0.15, -0.1) is 0 Å². The molecule has 0 saturated carbocycles. The van der Waals surface area contributed by atoms with Gasteiger partial charge in [0.05, 0.1) is 11.5 Å². The molecule has 0 bridgehead atoms. The van der Waals surface area contributed by atoms with Crippen molar-refractivity contribution in [1.82, 2.24) is 9.29 Å². The van der Waals surface area contributed by atoms with Crippen molar-refractivity contribution in [1.29, 1.82) is 0 Å². The van der Waals surface area contributed by atoms with Gasteiger partial charge < -0.3 is 4.74 Å². The van der Waals surface area contributed by atoms with E-state index in [9.17, 15) is 8.42 Å². The highest BCUT2D eigenvalue weighted by Crippen LogP contribution is 2.20. The van der Waals surface area contributed by atoms with Crippen molar-refractivity contribution in [3.63, 3.8) is 0 Å². The Morgan fingerprint density at radius 1 is 1.23 bits per heavy atom. The summed E-state index contributed by atoms with van der Waals surface area (Å²) in [5, 5.41) is 0. The van der Waals surface area contributed by atoms with E-state index in [1.807, 2.05) is 6.07 Å². The fraction of sp³-hybridized carbons (Fsp3) is 0.267. The second-order valence-electron chi connectivity index (χ2n) is 4.65. The quantitative estimate of drug-likeness (QED) is 0.736. The van der Waals surface area contributed by atoms with Gasteiger partial charge in [0, 0.05) is 37.1 Å². The minimum Gasteiger partial charge on any atom is -0.383 e. The summed E-state index contributed by atoms with van der Waals surface area (Å²) in [7, 11) is -2.03. The molecule has 0 atom stereocenters. The van der Waals surface area contributed by atoms with Gasteiger partial charge in [-0.05, 0) is 35.9 Å². The molecule has 1 aromatic heterocycles. The molecule has 0 aliphatic heterocycles. The van der Waals surface area contributed by atoms with Gasteiger partial charge in [0.2, 0.25) is 10.0 Å². The lowest BCUT2D eigenvalue weighted by Crippen LogP contribution is -2.33. The zero-order valence-corrected chi connectivity index (χ0v) is 14.5. The molecule has 0 aliphatic rings. The molecule has 118 valence electrons. The van der Waals surface area contributed by atoms with Crippen LogP contribution < -0.4 is 0 Å². The predicted octanol–water partition coefficient (Wildman–Crippen LogP) is 2.68. The average Bonchev–Trinajstić information content (AvgIpc) is 2.52. The van der Waals surface area contributed by atoms with Crippen LogP contribution in [0.1, 0.15) is 5.56 Å². The Morgan fingerprint density at radius 2 is 1.95 bits per heavy atom. The van der Waals surface area contributed by atoms with Crippen molar-refractivity contribution < 1.29 is 13.2 Å². The van der Waals surface area contributed by atoms with Gasteiger partial charge in [-0.3, -0.25) is 4.98 Å². The van der Waals surface area contributed by atoms with Crippen LogP contribution in [-0.2, 0) is 21.3 Å². The van der Waals surface area contributed by atoms with E-state index in [1.54, 1.807) is 49.8 Å². The number of pyridine rings is 1. The maximum Gasteiger partial charge on any atom is 0.243 e. The Kier molecular flexibility index (Phi) is 6.07.